The lowest BCUT2D eigenvalue weighted by atomic mass is 9.72. The number of hydrogen-bond acceptors (Lipinski definition) is 6. The molecule has 0 saturated heterocycles. The van der Waals surface area contributed by atoms with E-state index in [1.54, 1.807) is 18.1 Å². The quantitative estimate of drug-likeness (QED) is 0.310. The van der Waals surface area contributed by atoms with Crippen molar-refractivity contribution < 1.29 is 4.79 Å². The highest BCUT2D eigenvalue weighted by Gasteiger charge is 2.31. The van der Waals surface area contributed by atoms with E-state index >= 15 is 0 Å². The molecule has 1 atom stereocenters. The normalized spacial score (nSPS) is 17.4. The van der Waals surface area contributed by atoms with Crippen LogP contribution in [0.4, 0.5) is 0 Å². The lowest BCUT2D eigenvalue weighted by Gasteiger charge is -2.33. The molecule has 3 aromatic heterocycles. The number of thioether (sulfide) groups is 1. The van der Waals surface area contributed by atoms with Crippen molar-refractivity contribution in [3.05, 3.63) is 39.2 Å². The van der Waals surface area contributed by atoms with E-state index in [1.807, 2.05) is 28.8 Å². The summed E-state index contributed by atoms with van der Waals surface area (Å²) < 4.78 is 0. The molecule has 0 saturated carbocycles. The summed E-state index contributed by atoms with van der Waals surface area (Å²) in [5.41, 5.74) is 1.77. The number of nitrogens with zero attached hydrogens (tertiary/aromatic N) is 2. The minimum Gasteiger partial charge on any atom is -0.292 e. The van der Waals surface area contributed by atoms with Crippen molar-refractivity contribution in [2.24, 2.45) is 11.3 Å². The van der Waals surface area contributed by atoms with E-state index in [4.69, 9.17) is 0 Å². The van der Waals surface area contributed by atoms with Crippen LogP contribution in [0.25, 0.3) is 10.2 Å². The Morgan fingerprint density at radius 3 is 2.92 bits per heavy atom. The van der Waals surface area contributed by atoms with E-state index in [1.165, 1.54) is 33.6 Å². The highest BCUT2D eigenvalue weighted by Crippen LogP contribution is 2.44. The van der Waals surface area contributed by atoms with E-state index in [-0.39, 0.29) is 5.78 Å². The summed E-state index contributed by atoms with van der Waals surface area (Å²) >= 11 is 4.87. The molecule has 1 aliphatic carbocycles. The van der Waals surface area contributed by atoms with Gasteiger partial charge in [-0.25, -0.2) is 9.97 Å². The summed E-state index contributed by atoms with van der Waals surface area (Å²) in [7, 11) is 0. The monoisotopic (exact) mass is 402 g/mol. The molecule has 0 radical (unpaired) electrons. The zero-order valence-corrected chi connectivity index (χ0v) is 17.7. The van der Waals surface area contributed by atoms with Crippen LogP contribution in [0, 0.1) is 11.3 Å². The number of fused-ring (bicyclic) bond motifs is 3. The number of hydrogen-bond donors (Lipinski definition) is 0. The second-order valence-electron chi connectivity index (χ2n) is 7.86. The van der Waals surface area contributed by atoms with Crippen LogP contribution >= 0.6 is 34.4 Å². The first-order chi connectivity index (χ1) is 12.4. The third kappa shape index (κ3) is 3.47. The van der Waals surface area contributed by atoms with Crippen molar-refractivity contribution in [3.63, 3.8) is 0 Å². The van der Waals surface area contributed by atoms with Crippen molar-refractivity contribution in [3.8, 4) is 0 Å². The molecule has 0 N–H and O–H groups in total. The maximum Gasteiger partial charge on any atom is 0.183 e. The average Bonchev–Trinajstić information content (AvgIpc) is 3.25. The molecule has 1 unspecified atom stereocenters. The molecule has 0 fully saturated rings. The molecule has 0 aromatic carbocycles. The fourth-order valence-electron chi connectivity index (χ4n) is 3.57. The third-order valence-corrected chi connectivity index (χ3v) is 8.23. The van der Waals surface area contributed by atoms with Gasteiger partial charge in [0.1, 0.15) is 16.2 Å². The molecule has 136 valence electrons. The molecule has 4 rings (SSSR count). The Labute approximate surface area is 166 Å². The largest absolute Gasteiger partial charge is 0.292 e. The first-order valence-electron chi connectivity index (χ1n) is 8.88. The van der Waals surface area contributed by atoms with E-state index in [0.29, 0.717) is 17.1 Å². The Kier molecular flexibility index (Phi) is 4.92. The fraction of sp³-hybridized carbons (Fsp3) is 0.450. The molecule has 3 heterocycles. The van der Waals surface area contributed by atoms with Crippen LogP contribution in [0.5, 0.6) is 0 Å². The van der Waals surface area contributed by atoms with Gasteiger partial charge in [-0.15, -0.1) is 22.7 Å². The summed E-state index contributed by atoms with van der Waals surface area (Å²) in [5.74, 6) is 1.32. The molecule has 3 nitrogen and oxygen atoms in total. The second-order valence-corrected chi connectivity index (χ2v) is 10.9. The number of carbonyl (C=O) groups excluding carboxylic acids is 1. The summed E-state index contributed by atoms with van der Waals surface area (Å²) in [6, 6.07) is 3.81. The number of carbonyl (C=O) groups is 1. The summed E-state index contributed by atoms with van der Waals surface area (Å²) in [4.78, 5) is 24.8. The maximum atomic E-state index is 12.3. The van der Waals surface area contributed by atoms with Crippen LogP contribution < -0.4 is 0 Å². The zero-order valence-electron chi connectivity index (χ0n) is 15.2. The maximum absolute atomic E-state index is 12.3. The highest BCUT2D eigenvalue weighted by atomic mass is 32.2. The van der Waals surface area contributed by atoms with Gasteiger partial charge >= 0.3 is 0 Å². The smallest absolute Gasteiger partial charge is 0.183 e. The summed E-state index contributed by atoms with van der Waals surface area (Å²) in [5, 5.41) is 4.11. The van der Waals surface area contributed by atoms with Crippen molar-refractivity contribution in [1.29, 1.82) is 0 Å². The molecule has 1 aliphatic rings. The van der Waals surface area contributed by atoms with Crippen molar-refractivity contribution in [2.45, 2.75) is 45.1 Å². The van der Waals surface area contributed by atoms with Crippen LogP contribution in [-0.2, 0) is 12.8 Å². The predicted molar refractivity (Wildman–Crippen MR) is 112 cm³/mol. The predicted octanol–water partition coefficient (Wildman–Crippen LogP) is 5.88. The van der Waals surface area contributed by atoms with Gasteiger partial charge in [0.25, 0.3) is 0 Å². The molecular weight excluding hydrogens is 380 g/mol. The Morgan fingerprint density at radius 1 is 1.35 bits per heavy atom. The Hall–Kier alpha value is -1.24. The first kappa shape index (κ1) is 18.1. The zero-order chi connectivity index (χ0) is 18.3. The third-order valence-electron chi connectivity index (χ3n) is 5.17. The Bertz CT molecular complexity index is 938. The number of rotatable bonds is 4. The van der Waals surface area contributed by atoms with Gasteiger partial charge in [-0.2, -0.15) is 0 Å². The van der Waals surface area contributed by atoms with Crippen molar-refractivity contribution in [1.82, 2.24) is 9.97 Å². The van der Waals surface area contributed by atoms with Gasteiger partial charge < -0.3 is 0 Å². The van der Waals surface area contributed by atoms with Gasteiger partial charge in [0.05, 0.1) is 10.6 Å². The fourth-order valence-corrected chi connectivity index (χ4v) is 6.57. The standard InChI is InChI=1S/C20H22N2OS3/c1-20(2,3)12-6-7-13-16(9-12)26-19-17(13)18(21-11-22-19)25-10-14(23)15-5-4-8-24-15/h4-5,8,11-12H,6-7,9-10H2,1-3H3. The lowest BCUT2D eigenvalue weighted by Crippen LogP contribution is -2.26. The Morgan fingerprint density at radius 2 is 2.19 bits per heavy atom. The molecule has 3 aromatic rings. The highest BCUT2D eigenvalue weighted by molar-refractivity contribution is 8.00. The van der Waals surface area contributed by atoms with Crippen LogP contribution in [0.3, 0.4) is 0 Å². The van der Waals surface area contributed by atoms with Gasteiger partial charge in [-0.05, 0) is 47.6 Å². The molecule has 0 spiro atoms. The van der Waals surface area contributed by atoms with E-state index in [2.05, 4.69) is 30.7 Å². The van der Waals surface area contributed by atoms with Gasteiger partial charge in [-0.1, -0.05) is 38.6 Å². The average molecular weight is 403 g/mol. The lowest BCUT2D eigenvalue weighted by molar-refractivity contribution is 0.102. The van der Waals surface area contributed by atoms with Crippen molar-refractivity contribution >= 4 is 50.4 Å². The van der Waals surface area contributed by atoms with E-state index in [9.17, 15) is 4.79 Å². The topological polar surface area (TPSA) is 42.9 Å². The van der Waals surface area contributed by atoms with Crippen LogP contribution in [-0.4, -0.2) is 21.5 Å². The summed E-state index contributed by atoms with van der Waals surface area (Å²) in [6.07, 6.45) is 5.09. The first-order valence-corrected chi connectivity index (χ1v) is 11.6. The van der Waals surface area contributed by atoms with E-state index < -0.39 is 0 Å². The molecule has 26 heavy (non-hydrogen) atoms. The summed E-state index contributed by atoms with van der Waals surface area (Å²) in [6.45, 7) is 7.02. The molecule has 0 amide bonds. The minimum atomic E-state index is 0.175. The van der Waals surface area contributed by atoms with Crippen LogP contribution in [0.1, 0.15) is 47.3 Å². The second kappa shape index (κ2) is 7.06. The number of ketones is 1. The number of Topliss-reactive ketones (excluding diaryl/α,β-unsaturated/α-hetero) is 1. The van der Waals surface area contributed by atoms with Gasteiger partial charge in [0.15, 0.2) is 5.78 Å². The molecular formula is C20H22N2OS3. The minimum absolute atomic E-state index is 0.175. The van der Waals surface area contributed by atoms with Crippen molar-refractivity contribution in [2.75, 3.05) is 5.75 Å². The molecule has 6 heteroatoms. The van der Waals surface area contributed by atoms with Crippen LogP contribution in [0.2, 0.25) is 0 Å². The van der Waals surface area contributed by atoms with Gasteiger partial charge in [-0.3, -0.25) is 4.79 Å². The van der Waals surface area contributed by atoms with Crippen LogP contribution in [0.15, 0.2) is 28.9 Å². The van der Waals surface area contributed by atoms with E-state index in [0.717, 1.165) is 27.6 Å². The number of thiophene rings is 2. The van der Waals surface area contributed by atoms with Gasteiger partial charge in [0.2, 0.25) is 0 Å². The van der Waals surface area contributed by atoms with Gasteiger partial charge in [0, 0.05) is 10.3 Å². The number of aryl methyl sites for hydroxylation is 1. The SMILES string of the molecule is CC(C)(C)C1CCc2c(sc3ncnc(SCC(=O)c4cccs4)c23)C1. The Balaban J connectivity index is 1.61. The molecule has 0 bridgehead atoms. The molecule has 0 aliphatic heterocycles. The number of aromatic nitrogens is 2.